The van der Waals surface area contributed by atoms with Crippen LogP contribution < -0.4 is 15.2 Å². The second kappa shape index (κ2) is 10.1. The Kier molecular flexibility index (Phi) is 7.82. The van der Waals surface area contributed by atoms with Gasteiger partial charge in [-0.3, -0.25) is 4.79 Å². The third-order valence-electron chi connectivity index (χ3n) is 4.75. The Morgan fingerprint density at radius 1 is 1.07 bits per heavy atom. The zero-order chi connectivity index (χ0) is 19.7. The van der Waals surface area contributed by atoms with Gasteiger partial charge in [0.15, 0.2) is 5.78 Å². The summed E-state index contributed by atoms with van der Waals surface area (Å²) in [6, 6.07) is 15.0. The average Bonchev–Trinajstić information content (AvgIpc) is 2.72. The number of Topliss-reactive ketones (excluding diaryl/α,β-unsaturated/α-hetero) is 1. The lowest BCUT2D eigenvalue weighted by atomic mass is 10.0. The van der Waals surface area contributed by atoms with Crippen LogP contribution in [0.15, 0.2) is 48.5 Å². The maximum absolute atomic E-state index is 12.3. The molecule has 1 atom stereocenters. The van der Waals surface area contributed by atoms with Crippen molar-refractivity contribution in [3.05, 3.63) is 59.7 Å². The topological polar surface area (TPSA) is 81.8 Å². The first-order valence-corrected chi connectivity index (χ1v) is 9.28. The first-order valence-electron chi connectivity index (χ1n) is 9.28. The minimum atomic E-state index is -0.740. The Labute approximate surface area is 161 Å². The quantitative estimate of drug-likeness (QED) is 0.592. The van der Waals surface area contributed by atoms with Gasteiger partial charge < -0.3 is 20.3 Å². The van der Waals surface area contributed by atoms with Crippen LogP contribution in [0.4, 0.5) is 0 Å². The number of hydrogen-bond acceptors (Lipinski definition) is 5. The molecule has 5 heteroatoms. The molecule has 0 fully saturated rings. The van der Waals surface area contributed by atoms with Gasteiger partial charge in [0, 0.05) is 12.0 Å². The van der Waals surface area contributed by atoms with Crippen LogP contribution in [0.25, 0.3) is 0 Å². The lowest BCUT2D eigenvalue weighted by molar-refractivity contribution is 0.0980. The molecule has 1 unspecified atom stereocenters. The molecule has 0 saturated carbocycles. The van der Waals surface area contributed by atoms with E-state index in [4.69, 9.17) is 15.2 Å². The van der Waals surface area contributed by atoms with E-state index >= 15 is 0 Å². The van der Waals surface area contributed by atoms with E-state index in [1.165, 1.54) is 5.56 Å². The summed E-state index contributed by atoms with van der Waals surface area (Å²) in [5, 5.41) is 9.32. The number of carbonyl (C=O) groups is 1. The van der Waals surface area contributed by atoms with Crippen molar-refractivity contribution < 1.29 is 19.4 Å². The molecule has 0 aromatic heterocycles. The smallest absolute Gasteiger partial charge is 0.162 e. The number of benzene rings is 2. The van der Waals surface area contributed by atoms with Gasteiger partial charge in [0.2, 0.25) is 0 Å². The third kappa shape index (κ3) is 6.38. The maximum atomic E-state index is 12.3. The molecule has 2 aromatic rings. The van der Waals surface area contributed by atoms with E-state index in [2.05, 4.69) is 0 Å². The van der Waals surface area contributed by atoms with E-state index in [0.29, 0.717) is 24.2 Å². The Morgan fingerprint density at radius 3 is 2.26 bits per heavy atom. The first-order chi connectivity index (χ1) is 13.0. The molecule has 3 N–H and O–H groups in total. The van der Waals surface area contributed by atoms with Crippen molar-refractivity contribution in [2.45, 2.75) is 38.1 Å². The molecule has 0 aliphatic carbocycles. The second-order valence-electron chi connectivity index (χ2n) is 6.81. The van der Waals surface area contributed by atoms with Crippen LogP contribution in [-0.4, -0.2) is 36.8 Å². The van der Waals surface area contributed by atoms with Crippen LogP contribution in [0.1, 0.15) is 42.1 Å². The number of nitrogens with two attached hydrogens (primary N) is 1. The van der Waals surface area contributed by atoms with Gasteiger partial charge in [-0.05, 0) is 61.2 Å². The van der Waals surface area contributed by atoms with Crippen molar-refractivity contribution >= 4 is 5.78 Å². The molecule has 0 radical (unpaired) electrons. The van der Waals surface area contributed by atoms with Crippen molar-refractivity contribution in [1.82, 2.24) is 0 Å². The number of hydrogen-bond donors (Lipinski definition) is 2. The van der Waals surface area contributed by atoms with Gasteiger partial charge in [-0.25, -0.2) is 0 Å². The van der Waals surface area contributed by atoms with Crippen molar-refractivity contribution in [3.63, 3.8) is 0 Å². The summed E-state index contributed by atoms with van der Waals surface area (Å²) in [7, 11) is 1.65. The SMILES string of the molecule is CCC(N)(CO)COc1ccc(C(=O)CCCc2ccc(OC)cc2)cc1. The molecule has 0 aliphatic rings. The lowest BCUT2D eigenvalue weighted by Gasteiger charge is -2.25. The monoisotopic (exact) mass is 371 g/mol. The first kappa shape index (κ1) is 20.9. The molecule has 146 valence electrons. The van der Waals surface area contributed by atoms with Crippen molar-refractivity contribution in [2.24, 2.45) is 5.73 Å². The van der Waals surface area contributed by atoms with Crippen LogP contribution in [-0.2, 0) is 6.42 Å². The van der Waals surface area contributed by atoms with E-state index in [0.717, 1.165) is 18.6 Å². The Morgan fingerprint density at radius 2 is 1.70 bits per heavy atom. The van der Waals surface area contributed by atoms with Gasteiger partial charge in [-0.15, -0.1) is 0 Å². The molecular formula is C22H29NO4. The third-order valence-corrected chi connectivity index (χ3v) is 4.75. The number of methoxy groups -OCH3 is 1. The number of carbonyl (C=O) groups excluding carboxylic acids is 1. The summed E-state index contributed by atoms with van der Waals surface area (Å²) >= 11 is 0. The molecular weight excluding hydrogens is 342 g/mol. The summed E-state index contributed by atoms with van der Waals surface area (Å²) in [5.74, 6) is 1.59. The van der Waals surface area contributed by atoms with E-state index in [9.17, 15) is 9.90 Å². The van der Waals surface area contributed by atoms with Crippen molar-refractivity contribution in [2.75, 3.05) is 20.3 Å². The van der Waals surface area contributed by atoms with Gasteiger partial charge in [0.25, 0.3) is 0 Å². The molecule has 27 heavy (non-hydrogen) atoms. The minimum absolute atomic E-state index is 0.118. The van der Waals surface area contributed by atoms with Crippen molar-refractivity contribution in [3.8, 4) is 11.5 Å². The minimum Gasteiger partial charge on any atom is -0.497 e. The van der Waals surface area contributed by atoms with E-state index in [1.54, 1.807) is 31.4 Å². The zero-order valence-corrected chi connectivity index (χ0v) is 16.1. The number of aryl methyl sites for hydroxylation is 1. The van der Waals surface area contributed by atoms with Crippen LogP contribution in [0.5, 0.6) is 11.5 Å². The molecule has 0 spiro atoms. The highest BCUT2D eigenvalue weighted by Gasteiger charge is 2.22. The van der Waals surface area contributed by atoms with E-state index in [1.807, 2.05) is 31.2 Å². The fraction of sp³-hybridized carbons (Fsp3) is 0.409. The van der Waals surface area contributed by atoms with Crippen LogP contribution >= 0.6 is 0 Å². The summed E-state index contributed by atoms with van der Waals surface area (Å²) < 4.78 is 10.8. The van der Waals surface area contributed by atoms with Crippen LogP contribution in [0.3, 0.4) is 0 Å². The number of aliphatic hydroxyl groups is 1. The normalized spacial score (nSPS) is 13.0. The second-order valence-corrected chi connectivity index (χ2v) is 6.81. The van der Waals surface area contributed by atoms with Crippen LogP contribution in [0.2, 0.25) is 0 Å². The molecule has 2 aromatic carbocycles. The number of rotatable bonds is 11. The highest BCUT2D eigenvalue weighted by atomic mass is 16.5. The van der Waals surface area contributed by atoms with Gasteiger partial charge in [-0.2, -0.15) is 0 Å². The summed E-state index contributed by atoms with van der Waals surface area (Å²) in [6.07, 6.45) is 2.77. The molecule has 0 heterocycles. The molecule has 0 aliphatic heterocycles. The standard InChI is InChI=1S/C22H29NO4/c1-3-22(23,15-24)16-27-20-13-9-18(10-14-20)21(25)6-4-5-17-7-11-19(26-2)12-8-17/h7-14,24H,3-6,15-16,23H2,1-2H3. The van der Waals surface area contributed by atoms with Crippen molar-refractivity contribution in [1.29, 1.82) is 0 Å². The van der Waals surface area contributed by atoms with E-state index < -0.39 is 5.54 Å². The van der Waals surface area contributed by atoms with Gasteiger partial charge in [-0.1, -0.05) is 19.1 Å². The fourth-order valence-electron chi connectivity index (χ4n) is 2.61. The van der Waals surface area contributed by atoms with Gasteiger partial charge in [0.1, 0.15) is 18.1 Å². The predicted molar refractivity (Wildman–Crippen MR) is 106 cm³/mol. The van der Waals surface area contributed by atoms with Gasteiger partial charge in [0.05, 0.1) is 19.3 Å². The summed E-state index contributed by atoms with van der Waals surface area (Å²) in [5.41, 5.74) is 7.13. The molecule has 5 nitrogen and oxygen atoms in total. The molecule has 2 rings (SSSR count). The molecule has 0 bridgehead atoms. The highest BCUT2D eigenvalue weighted by Crippen LogP contribution is 2.18. The Balaban J connectivity index is 1.80. The Hall–Kier alpha value is -2.37. The molecule has 0 amide bonds. The largest absolute Gasteiger partial charge is 0.497 e. The summed E-state index contributed by atoms with van der Waals surface area (Å²) in [6.45, 7) is 2.01. The highest BCUT2D eigenvalue weighted by molar-refractivity contribution is 5.96. The number of aliphatic hydroxyl groups excluding tert-OH is 1. The molecule has 0 saturated heterocycles. The van der Waals surface area contributed by atoms with Crippen LogP contribution in [0, 0.1) is 0 Å². The Bertz CT molecular complexity index is 706. The number of ether oxygens (including phenoxy) is 2. The van der Waals surface area contributed by atoms with Gasteiger partial charge >= 0.3 is 0 Å². The lowest BCUT2D eigenvalue weighted by Crippen LogP contribution is -2.48. The summed E-state index contributed by atoms with van der Waals surface area (Å²) in [4.78, 5) is 12.3. The maximum Gasteiger partial charge on any atom is 0.162 e. The fourth-order valence-corrected chi connectivity index (χ4v) is 2.61. The zero-order valence-electron chi connectivity index (χ0n) is 16.1. The predicted octanol–water partition coefficient (Wildman–Crippen LogP) is 3.38. The average molecular weight is 371 g/mol. The van der Waals surface area contributed by atoms with E-state index in [-0.39, 0.29) is 19.0 Å². The number of ketones is 1.